The fourth-order valence-corrected chi connectivity index (χ4v) is 2.32. The number of nitrogens with zero attached hydrogens (tertiary/aromatic N) is 4. The van der Waals surface area contributed by atoms with E-state index in [4.69, 9.17) is 17.3 Å². The van der Waals surface area contributed by atoms with Gasteiger partial charge in [0.15, 0.2) is 5.82 Å². The van der Waals surface area contributed by atoms with Crippen LogP contribution >= 0.6 is 11.6 Å². The van der Waals surface area contributed by atoms with E-state index in [9.17, 15) is 5.11 Å². The molecule has 3 N–H and O–H groups in total. The molecule has 0 fully saturated rings. The van der Waals surface area contributed by atoms with Gasteiger partial charge in [-0.1, -0.05) is 11.6 Å². The molecular formula is C15H14ClN5O. The van der Waals surface area contributed by atoms with Gasteiger partial charge in [-0.05, 0) is 25.1 Å². The number of phenolic OH excluding ortho intramolecular Hbond substituents is 1. The molecule has 2 heterocycles. The summed E-state index contributed by atoms with van der Waals surface area (Å²) in [7, 11) is 1.90. The molecule has 3 aromatic rings. The molecular weight excluding hydrogens is 302 g/mol. The zero-order chi connectivity index (χ0) is 15.9. The fourth-order valence-electron chi connectivity index (χ4n) is 2.14. The van der Waals surface area contributed by atoms with Gasteiger partial charge in [-0.3, -0.25) is 0 Å². The van der Waals surface area contributed by atoms with E-state index in [0.29, 0.717) is 23.0 Å². The van der Waals surface area contributed by atoms with Gasteiger partial charge in [0.05, 0.1) is 16.9 Å². The molecule has 0 spiro atoms. The minimum atomic E-state index is 0.0169. The Labute approximate surface area is 132 Å². The molecule has 3 rings (SSSR count). The van der Waals surface area contributed by atoms with E-state index >= 15 is 0 Å². The van der Waals surface area contributed by atoms with Crippen molar-refractivity contribution in [3.05, 3.63) is 41.3 Å². The standard InChI is InChI=1S/C15H14ClN5O/c1-8-6-19-15(21(8)2)14-13(18-7-12(17)20-14)9-3-4-11(22)10(16)5-9/h3-7,22H,1-2H3,(H2,17,20). The molecule has 0 amide bonds. The van der Waals surface area contributed by atoms with Crippen molar-refractivity contribution < 1.29 is 5.11 Å². The van der Waals surface area contributed by atoms with Crippen molar-refractivity contribution in [3.8, 4) is 28.5 Å². The Hall–Kier alpha value is -2.60. The number of aryl methyl sites for hydroxylation is 1. The molecule has 112 valence electrons. The number of hydrogen-bond acceptors (Lipinski definition) is 5. The first kappa shape index (κ1) is 14.3. The van der Waals surface area contributed by atoms with Crippen LogP contribution in [0.5, 0.6) is 5.75 Å². The van der Waals surface area contributed by atoms with Gasteiger partial charge >= 0.3 is 0 Å². The van der Waals surface area contributed by atoms with Crippen LogP contribution in [0.1, 0.15) is 5.69 Å². The predicted molar refractivity (Wildman–Crippen MR) is 85.5 cm³/mol. The van der Waals surface area contributed by atoms with Crippen LogP contribution in [-0.4, -0.2) is 24.6 Å². The van der Waals surface area contributed by atoms with Crippen molar-refractivity contribution in [3.63, 3.8) is 0 Å². The second-order valence-electron chi connectivity index (χ2n) is 4.94. The van der Waals surface area contributed by atoms with Crippen LogP contribution in [0.2, 0.25) is 5.02 Å². The average Bonchev–Trinajstić information content (AvgIpc) is 2.82. The summed E-state index contributed by atoms with van der Waals surface area (Å²) in [5.74, 6) is 0.990. The number of aromatic nitrogens is 4. The number of nitrogens with two attached hydrogens (primary N) is 1. The number of imidazole rings is 1. The molecule has 0 aliphatic carbocycles. The average molecular weight is 316 g/mol. The summed E-state index contributed by atoms with van der Waals surface area (Å²) in [5, 5.41) is 9.81. The molecule has 1 aromatic carbocycles. The first-order valence-corrected chi connectivity index (χ1v) is 6.95. The van der Waals surface area contributed by atoms with Crippen LogP contribution < -0.4 is 5.73 Å². The lowest BCUT2D eigenvalue weighted by Gasteiger charge is -2.10. The van der Waals surface area contributed by atoms with Crippen LogP contribution in [0.25, 0.3) is 22.8 Å². The third-order valence-corrected chi connectivity index (χ3v) is 3.75. The topological polar surface area (TPSA) is 89.8 Å². The van der Waals surface area contributed by atoms with Crippen molar-refractivity contribution in [2.75, 3.05) is 5.73 Å². The zero-order valence-corrected chi connectivity index (χ0v) is 12.8. The minimum absolute atomic E-state index is 0.0169. The normalized spacial score (nSPS) is 10.9. The molecule has 2 aromatic heterocycles. The smallest absolute Gasteiger partial charge is 0.160 e. The lowest BCUT2D eigenvalue weighted by atomic mass is 10.1. The summed E-state index contributed by atoms with van der Waals surface area (Å²) in [6, 6.07) is 4.88. The van der Waals surface area contributed by atoms with E-state index in [0.717, 1.165) is 11.3 Å². The van der Waals surface area contributed by atoms with E-state index in [-0.39, 0.29) is 10.8 Å². The van der Waals surface area contributed by atoms with E-state index < -0.39 is 0 Å². The molecule has 0 saturated heterocycles. The van der Waals surface area contributed by atoms with Gasteiger partial charge in [0.25, 0.3) is 0 Å². The van der Waals surface area contributed by atoms with Crippen LogP contribution in [0.15, 0.2) is 30.6 Å². The molecule has 0 bridgehead atoms. The Bertz CT molecular complexity index is 859. The molecule has 0 radical (unpaired) electrons. The molecule has 22 heavy (non-hydrogen) atoms. The second-order valence-corrected chi connectivity index (χ2v) is 5.35. The molecule has 7 heteroatoms. The Morgan fingerprint density at radius 2 is 1.95 bits per heavy atom. The molecule has 0 saturated carbocycles. The predicted octanol–water partition coefficient (Wildman–Crippen LogP) is 2.79. The molecule has 0 atom stereocenters. The van der Waals surface area contributed by atoms with Gasteiger partial charge in [-0.25, -0.2) is 15.0 Å². The lowest BCUT2D eigenvalue weighted by Crippen LogP contribution is -2.03. The Morgan fingerprint density at radius 1 is 1.18 bits per heavy atom. The zero-order valence-electron chi connectivity index (χ0n) is 12.1. The van der Waals surface area contributed by atoms with Crippen LogP contribution in [0.4, 0.5) is 5.82 Å². The van der Waals surface area contributed by atoms with Gasteiger partial charge in [0, 0.05) is 24.5 Å². The lowest BCUT2D eigenvalue weighted by molar-refractivity contribution is 0.475. The van der Waals surface area contributed by atoms with E-state index in [1.807, 2.05) is 18.5 Å². The highest BCUT2D eigenvalue weighted by molar-refractivity contribution is 6.32. The number of halogens is 1. The molecule has 6 nitrogen and oxygen atoms in total. The van der Waals surface area contributed by atoms with Gasteiger partial charge in [0.1, 0.15) is 17.3 Å². The van der Waals surface area contributed by atoms with E-state index in [2.05, 4.69) is 15.0 Å². The Balaban J connectivity index is 2.24. The minimum Gasteiger partial charge on any atom is -0.506 e. The maximum atomic E-state index is 9.56. The number of phenols is 1. The summed E-state index contributed by atoms with van der Waals surface area (Å²) in [6.07, 6.45) is 3.24. The largest absolute Gasteiger partial charge is 0.506 e. The second kappa shape index (κ2) is 5.31. The van der Waals surface area contributed by atoms with Gasteiger partial charge in [-0.15, -0.1) is 0 Å². The SMILES string of the molecule is Cc1cnc(-c2nc(N)cnc2-c2ccc(O)c(Cl)c2)n1C. The maximum absolute atomic E-state index is 9.56. The van der Waals surface area contributed by atoms with Gasteiger partial charge < -0.3 is 15.4 Å². The maximum Gasteiger partial charge on any atom is 0.160 e. The van der Waals surface area contributed by atoms with Crippen molar-refractivity contribution in [1.29, 1.82) is 0 Å². The van der Waals surface area contributed by atoms with E-state index in [1.54, 1.807) is 18.3 Å². The monoisotopic (exact) mass is 315 g/mol. The molecule has 0 unspecified atom stereocenters. The third kappa shape index (κ3) is 2.37. The van der Waals surface area contributed by atoms with Crippen LogP contribution in [-0.2, 0) is 7.05 Å². The third-order valence-electron chi connectivity index (χ3n) is 3.44. The summed E-state index contributed by atoms with van der Waals surface area (Å²) < 4.78 is 1.91. The number of anilines is 1. The molecule has 0 aliphatic heterocycles. The number of nitrogen functional groups attached to an aromatic ring is 1. The Kier molecular flexibility index (Phi) is 3.46. The molecule has 0 aliphatic rings. The van der Waals surface area contributed by atoms with Crippen molar-refractivity contribution in [1.82, 2.24) is 19.5 Å². The first-order chi connectivity index (χ1) is 10.5. The Morgan fingerprint density at radius 3 is 2.59 bits per heavy atom. The highest BCUT2D eigenvalue weighted by Crippen LogP contribution is 2.33. The van der Waals surface area contributed by atoms with Crippen LogP contribution in [0.3, 0.4) is 0 Å². The van der Waals surface area contributed by atoms with Gasteiger partial charge in [-0.2, -0.15) is 0 Å². The van der Waals surface area contributed by atoms with Crippen molar-refractivity contribution >= 4 is 17.4 Å². The number of benzene rings is 1. The number of aromatic hydroxyl groups is 1. The summed E-state index contributed by atoms with van der Waals surface area (Å²) >= 11 is 5.99. The number of rotatable bonds is 2. The summed E-state index contributed by atoms with van der Waals surface area (Å²) in [6.45, 7) is 1.95. The van der Waals surface area contributed by atoms with Crippen LogP contribution in [0, 0.1) is 6.92 Å². The van der Waals surface area contributed by atoms with Gasteiger partial charge in [0.2, 0.25) is 0 Å². The quantitative estimate of drug-likeness (QED) is 0.759. The summed E-state index contributed by atoms with van der Waals surface area (Å²) in [5.41, 5.74) is 8.67. The van der Waals surface area contributed by atoms with E-state index in [1.165, 1.54) is 12.3 Å². The highest BCUT2D eigenvalue weighted by Gasteiger charge is 2.17. The van der Waals surface area contributed by atoms with Crippen molar-refractivity contribution in [2.45, 2.75) is 6.92 Å². The summed E-state index contributed by atoms with van der Waals surface area (Å²) in [4.78, 5) is 13.1. The first-order valence-electron chi connectivity index (χ1n) is 6.57. The van der Waals surface area contributed by atoms with Crippen molar-refractivity contribution in [2.24, 2.45) is 7.05 Å². The number of hydrogen-bond donors (Lipinski definition) is 2. The fraction of sp³-hybridized carbons (Fsp3) is 0.133. The highest BCUT2D eigenvalue weighted by atomic mass is 35.5.